The van der Waals surface area contributed by atoms with Crippen molar-refractivity contribution in [1.29, 1.82) is 0 Å². The molecule has 0 bridgehead atoms. The number of anilines is 1. The maximum atomic E-state index is 14.5. The van der Waals surface area contributed by atoms with E-state index in [2.05, 4.69) is 10.3 Å². The summed E-state index contributed by atoms with van der Waals surface area (Å²) in [5.74, 6) is -1.44. The van der Waals surface area contributed by atoms with E-state index in [9.17, 15) is 18.4 Å². The number of nitrogens with one attached hydrogen (secondary N) is 1. The average molecular weight is 451 g/mol. The van der Waals surface area contributed by atoms with Crippen LogP contribution in [0.5, 0.6) is 5.75 Å². The van der Waals surface area contributed by atoms with E-state index < -0.39 is 17.5 Å². The minimum atomic E-state index is -0.629. The van der Waals surface area contributed by atoms with Crippen molar-refractivity contribution >= 4 is 17.6 Å². The predicted molar refractivity (Wildman–Crippen MR) is 120 cm³/mol. The molecule has 1 aliphatic rings. The first-order valence-corrected chi connectivity index (χ1v) is 10.6. The number of carbonyl (C=O) groups excluding carboxylic acids is 2. The molecule has 2 aromatic carbocycles. The van der Waals surface area contributed by atoms with Gasteiger partial charge >= 0.3 is 0 Å². The number of pyridine rings is 1. The number of rotatable bonds is 6. The highest BCUT2D eigenvalue weighted by atomic mass is 19.1. The van der Waals surface area contributed by atoms with E-state index in [-0.39, 0.29) is 17.3 Å². The van der Waals surface area contributed by atoms with Crippen molar-refractivity contribution < 1.29 is 23.1 Å². The molecule has 33 heavy (non-hydrogen) atoms. The molecule has 8 heteroatoms. The molecule has 2 heterocycles. The van der Waals surface area contributed by atoms with Crippen LogP contribution >= 0.6 is 0 Å². The molecule has 0 fully saturated rings. The molecular formula is C25H23F2N3O3. The van der Waals surface area contributed by atoms with Crippen LogP contribution in [-0.2, 0) is 12.8 Å². The Kier molecular flexibility index (Phi) is 6.35. The van der Waals surface area contributed by atoms with Crippen molar-refractivity contribution in [2.24, 2.45) is 0 Å². The summed E-state index contributed by atoms with van der Waals surface area (Å²) < 4.78 is 34.5. The zero-order chi connectivity index (χ0) is 23.5. The number of carbonyl (C=O) groups is 2. The number of nitrogens with zero attached hydrogens (tertiary/aromatic N) is 2. The Morgan fingerprint density at radius 2 is 2.00 bits per heavy atom. The quantitative estimate of drug-likeness (QED) is 0.617. The highest BCUT2D eigenvalue weighted by molar-refractivity contribution is 6.08. The van der Waals surface area contributed by atoms with E-state index in [0.29, 0.717) is 48.4 Å². The van der Waals surface area contributed by atoms with E-state index in [1.54, 1.807) is 12.1 Å². The third-order valence-electron chi connectivity index (χ3n) is 5.56. The number of hydrogen-bond donors (Lipinski definition) is 1. The molecular weight excluding hydrogens is 428 g/mol. The minimum Gasteiger partial charge on any atom is -0.494 e. The van der Waals surface area contributed by atoms with Crippen LogP contribution in [0.4, 0.5) is 14.6 Å². The van der Waals surface area contributed by atoms with Gasteiger partial charge in [-0.2, -0.15) is 0 Å². The molecule has 0 aliphatic carbocycles. The lowest BCUT2D eigenvalue weighted by atomic mass is 9.93. The van der Waals surface area contributed by atoms with Crippen molar-refractivity contribution in [2.75, 3.05) is 25.1 Å². The molecule has 1 aliphatic heterocycles. The van der Waals surface area contributed by atoms with E-state index >= 15 is 0 Å². The standard InChI is InChI=1S/C25H23F2N3O3/c1-3-33-22-14-16-8-10-30(23-20(26)5-4-9-29-23)25(32)19(16)13-17(22)11-15-6-7-18(21(27)12-15)24(31)28-2/h4-7,9,12-14H,3,8,10-11H2,1-2H3,(H,28,31). The van der Waals surface area contributed by atoms with Gasteiger partial charge in [0, 0.05) is 31.8 Å². The molecule has 0 unspecified atom stereocenters. The third-order valence-corrected chi connectivity index (χ3v) is 5.56. The Labute approximate surface area is 190 Å². The fourth-order valence-corrected chi connectivity index (χ4v) is 3.97. The van der Waals surface area contributed by atoms with Crippen LogP contribution in [0.1, 0.15) is 44.3 Å². The van der Waals surface area contributed by atoms with Gasteiger partial charge in [-0.1, -0.05) is 6.07 Å². The third kappa shape index (κ3) is 4.41. The predicted octanol–water partition coefficient (Wildman–Crippen LogP) is 3.91. The lowest BCUT2D eigenvalue weighted by Gasteiger charge is -2.29. The molecule has 0 saturated heterocycles. The molecule has 170 valence electrons. The van der Waals surface area contributed by atoms with Crippen LogP contribution in [0.2, 0.25) is 0 Å². The van der Waals surface area contributed by atoms with E-state index in [4.69, 9.17) is 4.74 Å². The minimum absolute atomic E-state index is 0.00422. The van der Waals surface area contributed by atoms with Crippen molar-refractivity contribution in [2.45, 2.75) is 19.8 Å². The topological polar surface area (TPSA) is 71.5 Å². The zero-order valence-corrected chi connectivity index (χ0v) is 18.3. The van der Waals surface area contributed by atoms with Crippen molar-refractivity contribution in [3.63, 3.8) is 0 Å². The zero-order valence-electron chi connectivity index (χ0n) is 18.3. The molecule has 2 amide bonds. The van der Waals surface area contributed by atoms with Gasteiger partial charge in [0.05, 0.1) is 12.2 Å². The highest BCUT2D eigenvalue weighted by Crippen LogP contribution is 2.32. The smallest absolute Gasteiger partial charge is 0.259 e. The van der Waals surface area contributed by atoms with Crippen LogP contribution in [0.3, 0.4) is 0 Å². The van der Waals surface area contributed by atoms with Crippen molar-refractivity contribution in [3.05, 3.63) is 88.1 Å². The Morgan fingerprint density at radius 1 is 1.18 bits per heavy atom. The average Bonchev–Trinajstić information content (AvgIpc) is 2.80. The number of benzene rings is 2. The molecule has 0 spiro atoms. The van der Waals surface area contributed by atoms with Crippen LogP contribution in [0.15, 0.2) is 48.7 Å². The summed E-state index contributed by atoms with van der Waals surface area (Å²) in [6, 6.07) is 10.7. The van der Waals surface area contributed by atoms with E-state index in [0.717, 1.165) is 5.56 Å². The molecule has 3 aromatic rings. The summed E-state index contributed by atoms with van der Waals surface area (Å²) in [6.45, 7) is 2.59. The van der Waals surface area contributed by atoms with Crippen molar-refractivity contribution in [1.82, 2.24) is 10.3 Å². The number of fused-ring (bicyclic) bond motifs is 1. The number of amides is 2. The normalized spacial score (nSPS) is 13.0. The highest BCUT2D eigenvalue weighted by Gasteiger charge is 2.29. The van der Waals surface area contributed by atoms with Gasteiger partial charge in [-0.3, -0.25) is 14.5 Å². The van der Waals surface area contributed by atoms with Crippen LogP contribution in [0.25, 0.3) is 0 Å². The van der Waals surface area contributed by atoms with E-state index in [1.165, 1.54) is 42.4 Å². The van der Waals surface area contributed by atoms with Gasteiger partial charge in [-0.25, -0.2) is 13.8 Å². The number of hydrogen-bond acceptors (Lipinski definition) is 4. The van der Waals surface area contributed by atoms with Crippen LogP contribution in [0, 0.1) is 11.6 Å². The van der Waals surface area contributed by atoms with Gasteiger partial charge < -0.3 is 10.1 Å². The maximum Gasteiger partial charge on any atom is 0.259 e. The summed E-state index contributed by atoms with van der Waals surface area (Å²) in [7, 11) is 1.44. The first-order valence-electron chi connectivity index (χ1n) is 10.6. The van der Waals surface area contributed by atoms with Gasteiger partial charge in [0.1, 0.15) is 11.6 Å². The van der Waals surface area contributed by atoms with Crippen LogP contribution < -0.4 is 15.0 Å². The second kappa shape index (κ2) is 9.36. The Hall–Kier alpha value is -3.81. The molecule has 0 radical (unpaired) electrons. The fourth-order valence-electron chi connectivity index (χ4n) is 3.97. The lowest BCUT2D eigenvalue weighted by molar-refractivity contribution is 0.0956. The molecule has 4 rings (SSSR count). The van der Waals surface area contributed by atoms with Gasteiger partial charge in [0.25, 0.3) is 11.8 Å². The molecule has 1 N–H and O–H groups in total. The summed E-state index contributed by atoms with van der Waals surface area (Å²) in [6.07, 6.45) is 2.26. The Bertz CT molecular complexity index is 1230. The number of ether oxygens (including phenoxy) is 1. The fraction of sp³-hybridized carbons (Fsp3) is 0.240. The molecule has 0 saturated carbocycles. The lowest BCUT2D eigenvalue weighted by Crippen LogP contribution is -2.39. The van der Waals surface area contributed by atoms with Gasteiger partial charge in [0.2, 0.25) is 0 Å². The van der Waals surface area contributed by atoms with Crippen LogP contribution in [-0.4, -0.2) is 37.0 Å². The first-order chi connectivity index (χ1) is 15.9. The Balaban J connectivity index is 1.70. The maximum absolute atomic E-state index is 14.5. The van der Waals surface area contributed by atoms with E-state index in [1.807, 2.05) is 13.0 Å². The van der Waals surface area contributed by atoms with Gasteiger partial charge in [-0.05, 0) is 66.4 Å². The number of aromatic nitrogens is 1. The summed E-state index contributed by atoms with van der Waals surface area (Å²) in [4.78, 5) is 30.4. The summed E-state index contributed by atoms with van der Waals surface area (Å²) >= 11 is 0. The van der Waals surface area contributed by atoms with Gasteiger partial charge in [-0.15, -0.1) is 0 Å². The SMILES string of the molecule is CCOc1cc2c(cc1Cc1ccc(C(=O)NC)c(F)c1)C(=O)N(c1ncccc1F)CC2. The molecule has 0 atom stereocenters. The first kappa shape index (κ1) is 22.4. The van der Waals surface area contributed by atoms with Crippen molar-refractivity contribution in [3.8, 4) is 5.75 Å². The number of halogens is 2. The second-order valence-corrected chi connectivity index (χ2v) is 7.64. The van der Waals surface area contributed by atoms with Gasteiger partial charge in [0.15, 0.2) is 11.6 Å². The summed E-state index contributed by atoms with van der Waals surface area (Å²) in [5.41, 5.74) is 2.52. The summed E-state index contributed by atoms with van der Waals surface area (Å²) in [5, 5.41) is 2.40. The second-order valence-electron chi connectivity index (χ2n) is 7.64. The monoisotopic (exact) mass is 451 g/mol. The largest absolute Gasteiger partial charge is 0.494 e. The molecule has 1 aromatic heterocycles. The molecule has 6 nitrogen and oxygen atoms in total. The Morgan fingerprint density at radius 3 is 2.70 bits per heavy atom.